The maximum atomic E-state index is 12.4. The van der Waals surface area contributed by atoms with Gasteiger partial charge in [0.05, 0.1) is 17.6 Å². The lowest BCUT2D eigenvalue weighted by atomic mass is 10.1. The van der Waals surface area contributed by atoms with Gasteiger partial charge in [0.25, 0.3) is 5.91 Å². The molecule has 0 spiro atoms. The lowest BCUT2D eigenvalue weighted by Crippen LogP contribution is -2.36. The molecule has 1 heterocycles. The number of benzene rings is 1. The average Bonchev–Trinajstić information content (AvgIpc) is 3.36. The third kappa shape index (κ3) is 3.08. The van der Waals surface area contributed by atoms with Crippen LogP contribution in [0.1, 0.15) is 41.7 Å². The van der Waals surface area contributed by atoms with E-state index in [2.05, 4.69) is 15.6 Å². The van der Waals surface area contributed by atoms with E-state index >= 15 is 0 Å². The van der Waals surface area contributed by atoms with E-state index in [0.717, 1.165) is 29.4 Å². The fourth-order valence-electron chi connectivity index (χ4n) is 2.49. The Hall–Kier alpha value is -2.43. The van der Waals surface area contributed by atoms with Gasteiger partial charge in [0.15, 0.2) is 0 Å². The summed E-state index contributed by atoms with van der Waals surface area (Å²) in [5.41, 5.74) is 2.40. The molecule has 114 valence electrons. The molecule has 0 aliphatic heterocycles. The molecule has 2 aromatic rings. The molecule has 2 amide bonds. The Morgan fingerprint density at radius 2 is 2.00 bits per heavy atom. The molecule has 0 unspecified atom stereocenters. The van der Waals surface area contributed by atoms with E-state index in [1.54, 1.807) is 0 Å². The van der Waals surface area contributed by atoms with Crippen molar-refractivity contribution in [3.8, 4) is 0 Å². The highest BCUT2D eigenvalue weighted by Gasteiger charge is 2.26. The van der Waals surface area contributed by atoms with E-state index in [0.29, 0.717) is 18.0 Å². The van der Waals surface area contributed by atoms with Gasteiger partial charge < -0.3 is 10.6 Å². The first-order valence-corrected chi connectivity index (χ1v) is 7.63. The molecular formula is C17H19N3O2. The quantitative estimate of drug-likeness (QED) is 0.886. The molecule has 22 heavy (non-hydrogen) atoms. The van der Waals surface area contributed by atoms with E-state index in [9.17, 15) is 9.59 Å². The van der Waals surface area contributed by atoms with Gasteiger partial charge in [0, 0.05) is 23.5 Å². The van der Waals surface area contributed by atoms with Gasteiger partial charge in [-0.25, -0.2) is 0 Å². The second-order valence-corrected chi connectivity index (χ2v) is 5.52. The van der Waals surface area contributed by atoms with Crippen molar-refractivity contribution >= 4 is 22.7 Å². The van der Waals surface area contributed by atoms with Gasteiger partial charge in [0.1, 0.15) is 0 Å². The van der Waals surface area contributed by atoms with Gasteiger partial charge in [-0.05, 0) is 31.9 Å². The summed E-state index contributed by atoms with van der Waals surface area (Å²) >= 11 is 0. The van der Waals surface area contributed by atoms with Crippen molar-refractivity contribution in [3.63, 3.8) is 0 Å². The summed E-state index contributed by atoms with van der Waals surface area (Å²) < 4.78 is 0. The summed E-state index contributed by atoms with van der Waals surface area (Å²) in [4.78, 5) is 28.6. The summed E-state index contributed by atoms with van der Waals surface area (Å²) in [6.07, 6.45) is 2.26. The summed E-state index contributed by atoms with van der Waals surface area (Å²) in [7, 11) is 0. The highest BCUT2D eigenvalue weighted by Crippen LogP contribution is 2.40. The third-order valence-corrected chi connectivity index (χ3v) is 3.76. The first-order chi connectivity index (χ1) is 10.7. The van der Waals surface area contributed by atoms with E-state index in [1.165, 1.54) is 0 Å². The Morgan fingerprint density at radius 3 is 2.73 bits per heavy atom. The zero-order valence-corrected chi connectivity index (χ0v) is 12.6. The Labute approximate surface area is 129 Å². The largest absolute Gasteiger partial charge is 0.355 e. The topological polar surface area (TPSA) is 71.1 Å². The van der Waals surface area contributed by atoms with Crippen LogP contribution in [0.15, 0.2) is 30.3 Å². The van der Waals surface area contributed by atoms with Crippen LogP contribution in [0.4, 0.5) is 0 Å². The molecular weight excluding hydrogens is 278 g/mol. The van der Waals surface area contributed by atoms with E-state index in [-0.39, 0.29) is 18.4 Å². The van der Waals surface area contributed by atoms with Crippen LogP contribution in [0, 0.1) is 0 Å². The van der Waals surface area contributed by atoms with Crippen molar-refractivity contribution in [1.29, 1.82) is 0 Å². The van der Waals surface area contributed by atoms with Crippen molar-refractivity contribution < 1.29 is 9.59 Å². The van der Waals surface area contributed by atoms with Gasteiger partial charge in [-0.3, -0.25) is 14.6 Å². The van der Waals surface area contributed by atoms with Gasteiger partial charge in [-0.1, -0.05) is 18.2 Å². The Balaban J connectivity index is 1.87. The molecule has 1 aromatic heterocycles. The molecule has 0 bridgehead atoms. The number of nitrogens with one attached hydrogen (secondary N) is 2. The SMILES string of the molecule is CCNC(=O)CNC(=O)c1cc(C2CC2)nc2ccccc12. The third-order valence-electron chi connectivity index (χ3n) is 3.76. The van der Waals surface area contributed by atoms with Crippen molar-refractivity contribution in [2.75, 3.05) is 13.1 Å². The van der Waals surface area contributed by atoms with Crippen LogP contribution in [0.2, 0.25) is 0 Å². The monoisotopic (exact) mass is 297 g/mol. The minimum absolute atomic E-state index is 0.0118. The van der Waals surface area contributed by atoms with Crippen LogP contribution in [-0.2, 0) is 4.79 Å². The normalized spacial score (nSPS) is 13.9. The molecule has 2 N–H and O–H groups in total. The van der Waals surface area contributed by atoms with Gasteiger partial charge in [0.2, 0.25) is 5.91 Å². The first-order valence-electron chi connectivity index (χ1n) is 7.63. The van der Waals surface area contributed by atoms with E-state index in [4.69, 9.17) is 0 Å². The van der Waals surface area contributed by atoms with Crippen molar-refractivity contribution in [1.82, 2.24) is 15.6 Å². The maximum absolute atomic E-state index is 12.4. The smallest absolute Gasteiger partial charge is 0.252 e. The summed E-state index contributed by atoms with van der Waals surface area (Å²) in [6, 6.07) is 9.48. The zero-order valence-electron chi connectivity index (χ0n) is 12.6. The molecule has 0 radical (unpaired) electrons. The molecule has 5 heteroatoms. The number of nitrogens with zero attached hydrogens (tertiary/aromatic N) is 1. The Bertz CT molecular complexity index is 723. The molecule has 1 aliphatic rings. The highest BCUT2D eigenvalue weighted by molar-refractivity contribution is 6.07. The van der Waals surface area contributed by atoms with Crippen molar-refractivity contribution in [2.45, 2.75) is 25.7 Å². The molecule has 5 nitrogen and oxygen atoms in total. The van der Waals surface area contributed by atoms with Crippen LogP contribution in [0.3, 0.4) is 0 Å². The number of aromatic nitrogens is 1. The number of hydrogen-bond donors (Lipinski definition) is 2. The van der Waals surface area contributed by atoms with Gasteiger partial charge in [-0.15, -0.1) is 0 Å². The van der Waals surface area contributed by atoms with Gasteiger partial charge >= 0.3 is 0 Å². The number of amides is 2. The maximum Gasteiger partial charge on any atom is 0.252 e. The molecule has 1 saturated carbocycles. The second-order valence-electron chi connectivity index (χ2n) is 5.52. The Morgan fingerprint density at radius 1 is 1.23 bits per heavy atom. The minimum Gasteiger partial charge on any atom is -0.355 e. The van der Waals surface area contributed by atoms with E-state index in [1.807, 2.05) is 37.3 Å². The highest BCUT2D eigenvalue weighted by atomic mass is 16.2. The fraction of sp³-hybridized carbons (Fsp3) is 0.353. The minimum atomic E-state index is -0.230. The fourth-order valence-corrected chi connectivity index (χ4v) is 2.49. The Kier molecular flexibility index (Phi) is 4.04. The predicted octanol–water partition coefficient (Wildman–Crippen LogP) is 1.98. The van der Waals surface area contributed by atoms with Crippen molar-refractivity contribution in [3.05, 3.63) is 41.6 Å². The lowest BCUT2D eigenvalue weighted by molar-refractivity contribution is -0.120. The number of carbonyl (C=O) groups is 2. The first kappa shape index (κ1) is 14.5. The van der Waals surface area contributed by atoms with Crippen LogP contribution in [0.25, 0.3) is 10.9 Å². The van der Waals surface area contributed by atoms with Crippen molar-refractivity contribution in [2.24, 2.45) is 0 Å². The lowest BCUT2D eigenvalue weighted by Gasteiger charge is -2.10. The summed E-state index contributed by atoms with van der Waals surface area (Å²) in [5.74, 6) is 0.0583. The van der Waals surface area contributed by atoms with Crippen LogP contribution in [-0.4, -0.2) is 29.9 Å². The van der Waals surface area contributed by atoms with Crippen LogP contribution in [0.5, 0.6) is 0 Å². The number of fused-ring (bicyclic) bond motifs is 1. The molecule has 1 fully saturated rings. The summed E-state index contributed by atoms with van der Waals surface area (Å²) in [6.45, 7) is 2.39. The zero-order chi connectivity index (χ0) is 15.5. The van der Waals surface area contributed by atoms with Gasteiger partial charge in [-0.2, -0.15) is 0 Å². The number of hydrogen-bond acceptors (Lipinski definition) is 3. The molecule has 0 atom stereocenters. The van der Waals surface area contributed by atoms with Crippen LogP contribution >= 0.6 is 0 Å². The van der Waals surface area contributed by atoms with Crippen LogP contribution < -0.4 is 10.6 Å². The number of likely N-dealkylation sites (N-methyl/N-ethyl adjacent to an activating group) is 1. The average molecular weight is 297 g/mol. The number of carbonyl (C=O) groups excluding carboxylic acids is 2. The molecule has 3 rings (SSSR count). The number of rotatable bonds is 5. The number of pyridine rings is 1. The standard InChI is InChI=1S/C17H19N3O2/c1-2-18-16(21)10-19-17(22)13-9-15(11-7-8-11)20-14-6-4-3-5-12(13)14/h3-6,9,11H,2,7-8,10H2,1H3,(H,18,21)(H,19,22). The number of para-hydroxylation sites is 1. The van der Waals surface area contributed by atoms with E-state index < -0.39 is 0 Å². The molecule has 1 aliphatic carbocycles. The molecule has 0 saturated heterocycles. The molecule has 1 aromatic carbocycles. The second kappa shape index (κ2) is 6.13. The predicted molar refractivity (Wildman–Crippen MR) is 84.7 cm³/mol. The summed E-state index contributed by atoms with van der Waals surface area (Å²) in [5, 5.41) is 6.17.